The van der Waals surface area contributed by atoms with Gasteiger partial charge in [0, 0.05) is 5.54 Å². The van der Waals surface area contributed by atoms with Gasteiger partial charge in [0.2, 0.25) is 0 Å². The lowest BCUT2D eigenvalue weighted by Gasteiger charge is -2.21. The quantitative estimate of drug-likeness (QED) is 0.625. The number of nitrogens with one attached hydrogen (secondary N) is 2. The van der Waals surface area contributed by atoms with Crippen LogP contribution in [0.4, 0.5) is 28.0 Å². The molecule has 1 amide bonds. The van der Waals surface area contributed by atoms with E-state index in [1.54, 1.807) is 20.8 Å². The molecule has 1 unspecified atom stereocenters. The Labute approximate surface area is 132 Å². The van der Waals surface area contributed by atoms with Crippen LogP contribution in [-0.2, 0) is 11.3 Å². The van der Waals surface area contributed by atoms with Crippen LogP contribution in [0.1, 0.15) is 33.3 Å². The maximum Gasteiger partial charge on any atom is 0.407 e. The maximum atomic E-state index is 13.5. The number of ether oxygens (including phenoxy) is 1. The molecule has 0 saturated heterocycles. The van der Waals surface area contributed by atoms with E-state index in [0.717, 1.165) is 12.1 Å². The summed E-state index contributed by atoms with van der Waals surface area (Å²) in [5.74, 6) is -0.965. The number of rotatable bonds is 5. The summed E-state index contributed by atoms with van der Waals surface area (Å²) in [6.07, 6.45) is -3.20. The number of alkyl carbamates (subject to hydrolysis) is 1. The summed E-state index contributed by atoms with van der Waals surface area (Å²) in [4.78, 5) is 11.5. The first-order valence-corrected chi connectivity index (χ1v) is 6.94. The van der Waals surface area contributed by atoms with Crippen molar-refractivity contribution in [3.63, 3.8) is 0 Å². The molecule has 0 aliphatic heterocycles. The fraction of sp³-hybridized carbons (Fsp3) is 0.533. The van der Waals surface area contributed by atoms with Gasteiger partial charge in [-0.15, -0.1) is 0 Å². The Bertz CT molecular complexity index is 557. The van der Waals surface area contributed by atoms with Gasteiger partial charge in [0.05, 0.1) is 5.69 Å². The Morgan fingerprint density at radius 1 is 1.30 bits per heavy atom. The topological polar surface area (TPSA) is 50.4 Å². The summed E-state index contributed by atoms with van der Waals surface area (Å²) in [6, 6.07) is -0.663. The molecule has 2 N–H and O–H groups in total. The van der Waals surface area contributed by atoms with Crippen LogP contribution >= 0.6 is 0 Å². The third kappa shape index (κ3) is 6.33. The molecule has 8 heteroatoms. The Kier molecular flexibility index (Phi) is 5.85. The smallest absolute Gasteiger partial charge is 0.407 e. The predicted octanol–water partition coefficient (Wildman–Crippen LogP) is 4.21. The predicted molar refractivity (Wildman–Crippen MR) is 78.6 cm³/mol. The van der Waals surface area contributed by atoms with Crippen LogP contribution in [0.2, 0.25) is 0 Å². The SMILES string of the molecule is CC(F)C(F)(F)Nc1cc(COC(=O)NC(C)(C)C)ccc1F. The first kappa shape index (κ1) is 19.1. The number of alkyl halides is 3. The van der Waals surface area contributed by atoms with E-state index >= 15 is 0 Å². The zero-order chi connectivity index (χ0) is 17.8. The van der Waals surface area contributed by atoms with Crippen molar-refractivity contribution in [1.29, 1.82) is 0 Å². The van der Waals surface area contributed by atoms with Crippen LogP contribution in [0.15, 0.2) is 18.2 Å². The van der Waals surface area contributed by atoms with E-state index in [2.05, 4.69) is 5.32 Å². The Morgan fingerprint density at radius 2 is 1.91 bits per heavy atom. The van der Waals surface area contributed by atoms with E-state index in [0.29, 0.717) is 6.92 Å². The molecule has 0 aliphatic carbocycles. The highest BCUT2D eigenvalue weighted by atomic mass is 19.3. The monoisotopic (exact) mass is 336 g/mol. The van der Waals surface area contributed by atoms with Crippen molar-refractivity contribution in [2.45, 2.75) is 52.1 Å². The molecule has 0 spiro atoms. The summed E-state index contributed by atoms with van der Waals surface area (Å²) < 4.78 is 57.8. The Balaban J connectivity index is 2.76. The van der Waals surface area contributed by atoms with Crippen LogP contribution < -0.4 is 10.6 Å². The van der Waals surface area contributed by atoms with Gasteiger partial charge in [-0.1, -0.05) is 6.07 Å². The van der Waals surface area contributed by atoms with Crippen LogP contribution in [0.25, 0.3) is 0 Å². The van der Waals surface area contributed by atoms with Gasteiger partial charge < -0.3 is 15.4 Å². The van der Waals surface area contributed by atoms with E-state index in [9.17, 15) is 22.4 Å². The van der Waals surface area contributed by atoms with Gasteiger partial charge in [0.15, 0.2) is 6.17 Å². The highest BCUT2D eigenvalue weighted by Crippen LogP contribution is 2.27. The molecule has 0 radical (unpaired) electrons. The second-order valence-electron chi connectivity index (χ2n) is 6.13. The molecule has 0 heterocycles. The molecule has 0 aromatic heterocycles. The molecule has 0 fully saturated rings. The van der Waals surface area contributed by atoms with Crippen molar-refractivity contribution < 1.29 is 27.1 Å². The molecule has 0 saturated carbocycles. The van der Waals surface area contributed by atoms with Gasteiger partial charge in [0.1, 0.15) is 12.4 Å². The lowest BCUT2D eigenvalue weighted by atomic mass is 10.1. The molecular formula is C15H20F4N2O2. The number of anilines is 1. The minimum atomic E-state index is -3.91. The molecule has 1 rings (SSSR count). The largest absolute Gasteiger partial charge is 0.445 e. The van der Waals surface area contributed by atoms with Crippen molar-refractivity contribution >= 4 is 11.8 Å². The number of hydrogen-bond acceptors (Lipinski definition) is 3. The average molecular weight is 336 g/mol. The number of hydrogen-bond donors (Lipinski definition) is 2. The normalized spacial score (nSPS) is 13.4. The Hall–Kier alpha value is -1.99. The van der Waals surface area contributed by atoms with Gasteiger partial charge >= 0.3 is 12.1 Å². The van der Waals surface area contributed by atoms with E-state index in [1.807, 2.05) is 0 Å². The van der Waals surface area contributed by atoms with E-state index in [-0.39, 0.29) is 12.2 Å². The molecule has 1 aromatic carbocycles. The molecule has 0 aliphatic rings. The summed E-state index contributed by atoms with van der Waals surface area (Å²) in [5, 5.41) is 4.06. The number of amides is 1. The van der Waals surface area contributed by atoms with E-state index in [4.69, 9.17) is 4.74 Å². The minimum Gasteiger partial charge on any atom is -0.445 e. The second kappa shape index (κ2) is 7.06. The van der Waals surface area contributed by atoms with Gasteiger partial charge in [-0.25, -0.2) is 13.6 Å². The van der Waals surface area contributed by atoms with Crippen LogP contribution in [0.5, 0.6) is 0 Å². The number of benzene rings is 1. The van der Waals surface area contributed by atoms with Crippen molar-refractivity contribution in [3.05, 3.63) is 29.6 Å². The molecule has 0 bridgehead atoms. The van der Waals surface area contributed by atoms with Crippen molar-refractivity contribution in [2.24, 2.45) is 0 Å². The molecule has 4 nitrogen and oxygen atoms in total. The molecular weight excluding hydrogens is 316 g/mol. The van der Waals surface area contributed by atoms with Crippen molar-refractivity contribution in [3.8, 4) is 0 Å². The number of carbonyl (C=O) groups excluding carboxylic acids is 1. The summed E-state index contributed by atoms with van der Waals surface area (Å²) >= 11 is 0. The van der Waals surface area contributed by atoms with Gasteiger partial charge in [-0.2, -0.15) is 8.78 Å². The first-order chi connectivity index (χ1) is 10.4. The second-order valence-corrected chi connectivity index (χ2v) is 6.13. The minimum absolute atomic E-state index is 0.242. The van der Waals surface area contributed by atoms with E-state index < -0.39 is 35.4 Å². The third-order valence-corrected chi connectivity index (χ3v) is 2.68. The summed E-state index contributed by atoms with van der Waals surface area (Å²) in [6.45, 7) is 5.69. The molecule has 1 aromatic rings. The van der Waals surface area contributed by atoms with Gasteiger partial charge in [-0.3, -0.25) is 0 Å². The first-order valence-electron chi connectivity index (χ1n) is 6.94. The number of halogens is 4. The van der Waals surface area contributed by atoms with Gasteiger partial charge in [-0.05, 0) is 45.4 Å². The van der Waals surface area contributed by atoms with Crippen molar-refractivity contribution in [1.82, 2.24) is 5.32 Å². The highest BCUT2D eigenvalue weighted by molar-refractivity contribution is 5.68. The standard InChI is InChI=1S/C15H20F4N2O2/c1-9(16)15(18,19)20-12-7-10(5-6-11(12)17)8-23-13(22)21-14(2,3)4/h5-7,9,20H,8H2,1-4H3,(H,21,22). The van der Waals surface area contributed by atoms with Crippen LogP contribution in [0.3, 0.4) is 0 Å². The number of carbonyl (C=O) groups is 1. The average Bonchev–Trinajstić information content (AvgIpc) is 2.37. The maximum absolute atomic E-state index is 13.5. The molecule has 1 atom stereocenters. The molecule has 130 valence electrons. The van der Waals surface area contributed by atoms with Crippen LogP contribution in [-0.4, -0.2) is 23.9 Å². The lowest BCUT2D eigenvalue weighted by Crippen LogP contribution is -2.40. The highest BCUT2D eigenvalue weighted by Gasteiger charge is 2.37. The Morgan fingerprint density at radius 3 is 2.43 bits per heavy atom. The lowest BCUT2D eigenvalue weighted by molar-refractivity contribution is -0.0380. The van der Waals surface area contributed by atoms with Crippen LogP contribution in [0, 0.1) is 5.82 Å². The van der Waals surface area contributed by atoms with E-state index in [1.165, 1.54) is 11.4 Å². The molecule has 23 heavy (non-hydrogen) atoms. The summed E-state index contributed by atoms with van der Waals surface area (Å²) in [5.41, 5.74) is -0.788. The van der Waals surface area contributed by atoms with Gasteiger partial charge in [0.25, 0.3) is 0 Å². The summed E-state index contributed by atoms with van der Waals surface area (Å²) in [7, 11) is 0. The third-order valence-electron chi connectivity index (χ3n) is 2.68. The fourth-order valence-corrected chi connectivity index (χ4v) is 1.53. The van der Waals surface area contributed by atoms with Crippen molar-refractivity contribution in [2.75, 3.05) is 5.32 Å². The fourth-order valence-electron chi connectivity index (χ4n) is 1.53. The zero-order valence-corrected chi connectivity index (χ0v) is 13.3. The zero-order valence-electron chi connectivity index (χ0n) is 13.3.